The van der Waals surface area contributed by atoms with Gasteiger partial charge in [0.05, 0.1) is 41.5 Å². The molecule has 0 aromatic rings. The molecule has 0 aromatic heterocycles. The minimum absolute atomic E-state index is 0.00535. The van der Waals surface area contributed by atoms with Crippen molar-refractivity contribution in [1.82, 2.24) is 0 Å². The molecule has 0 radical (unpaired) electrons. The van der Waals surface area contributed by atoms with Crippen molar-refractivity contribution in [1.29, 1.82) is 0 Å². The summed E-state index contributed by atoms with van der Waals surface area (Å²) < 4.78 is 16.7. The van der Waals surface area contributed by atoms with E-state index in [2.05, 4.69) is 0 Å². The maximum atomic E-state index is 12.3. The van der Waals surface area contributed by atoms with Gasteiger partial charge in [-0.25, -0.2) is 4.79 Å². The van der Waals surface area contributed by atoms with Gasteiger partial charge in [0.2, 0.25) is 0 Å². The van der Waals surface area contributed by atoms with E-state index in [0.29, 0.717) is 25.7 Å². The predicted molar refractivity (Wildman–Crippen MR) is 137 cm³/mol. The van der Waals surface area contributed by atoms with Gasteiger partial charge in [-0.2, -0.15) is 0 Å². The van der Waals surface area contributed by atoms with Crippen LogP contribution in [0.4, 0.5) is 0 Å². The van der Waals surface area contributed by atoms with Gasteiger partial charge in [0, 0.05) is 30.3 Å². The minimum Gasteiger partial charge on any atom is -0.458 e. The molecule has 2 aliphatic heterocycles. The van der Waals surface area contributed by atoms with Gasteiger partial charge in [-0.1, -0.05) is 19.1 Å². The van der Waals surface area contributed by atoms with Crippen LogP contribution in [0.3, 0.4) is 0 Å². The predicted octanol–water partition coefficient (Wildman–Crippen LogP) is -0.710. The highest BCUT2D eigenvalue weighted by atomic mass is 16.7. The molecule has 0 amide bonds. The van der Waals surface area contributed by atoms with Crippen LogP contribution >= 0.6 is 0 Å². The molecule has 40 heavy (non-hydrogen) atoms. The van der Waals surface area contributed by atoms with E-state index in [1.54, 1.807) is 13.0 Å². The number of ether oxygens (including phenoxy) is 3. The second-order valence-electron chi connectivity index (χ2n) is 13.3. The first kappa shape index (κ1) is 28.7. The number of carbonyl (C=O) groups excluding carboxylic acids is 1. The summed E-state index contributed by atoms with van der Waals surface area (Å²) in [6.45, 7) is 3.32. The number of hydrogen-bond acceptors (Lipinski definition) is 11. The highest BCUT2D eigenvalue weighted by Gasteiger charge is 2.72. The van der Waals surface area contributed by atoms with Gasteiger partial charge in [-0.05, 0) is 50.0 Å². The van der Waals surface area contributed by atoms with Crippen LogP contribution in [0.1, 0.15) is 52.4 Å². The van der Waals surface area contributed by atoms with Gasteiger partial charge in [0.15, 0.2) is 6.29 Å². The smallest absolute Gasteiger partial charge is 0.331 e. The van der Waals surface area contributed by atoms with E-state index in [4.69, 9.17) is 14.2 Å². The van der Waals surface area contributed by atoms with Crippen molar-refractivity contribution in [3.05, 3.63) is 23.8 Å². The summed E-state index contributed by atoms with van der Waals surface area (Å²) in [5, 5.41) is 77.5. The van der Waals surface area contributed by atoms with Crippen molar-refractivity contribution in [2.75, 3.05) is 13.2 Å². The van der Waals surface area contributed by atoms with Crippen LogP contribution in [0, 0.1) is 28.6 Å². The van der Waals surface area contributed by atoms with Gasteiger partial charge < -0.3 is 50.0 Å². The van der Waals surface area contributed by atoms with Gasteiger partial charge in [0.25, 0.3) is 0 Å². The second kappa shape index (κ2) is 9.55. The molecule has 7 N–H and O–H groups in total. The monoisotopic (exact) mass is 566 g/mol. The Bertz CT molecular complexity index is 1090. The third-order valence-electron chi connectivity index (χ3n) is 11.7. The third kappa shape index (κ3) is 3.72. The summed E-state index contributed by atoms with van der Waals surface area (Å²) in [5.74, 6) is -1.26. The van der Waals surface area contributed by atoms with Gasteiger partial charge >= 0.3 is 5.97 Å². The molecule has 0 bridgehead atoms. The molecule has 6 aliphatic rings. The molecular weight excluding hydrogens is 524 g/mol. The Kier molecular flexibility index (Phi) is 6.85. The Morgan fingerprint density at radius 1 is 1.07 bits per heavy atom. The zero-order chi connectivity index (χ0) is 28.8. The molecule has 11 heteroatoms. The summed E-state index contributed by atoms with van der Waals surface area (Å²) in [4.78, 5) is 11.8. The molecule has 2 heterocycles. The van der Waals surface area contributed by atoms with Crippen LogP contribution in [0.15, 0.2) is 23.8 Å². The molecular formula is C29H42O11. The molecule has 3 saturated carbocycles. The Morgan fingerprint density at radius 2 is 1.82 bits per heavy atom. The minimum atomic E-state index is -1.68. The van der Waals surface area contributed by atoms with E-state index in [9.17, 15) is 40.5 Å². The standard InChI is InChI=1S/C29H42O11/c1-14-22(33)23(34)24(35)25(39-14)40-16-10-20(31)28(13-30)18-3-6-26(2)17(15-9-21(32)38-12-15)5-8-29(26,37)19(18)4-7-27(28,36)11-16/h4,7,9,14,16-20,22-25,30-31,33-37H,3,5-6,8,10-13H2,1-2H3/t14-,16-,17+,18-,19+,20+,22-,23+,24+,25-,26+,27-,28-,29-/m0/s1. The normalized spacial score (nSPS) is 55.7. The summed E-state index contributed by atoms with van der Waals surface area (Å²) in [6.07, 6.45) is -1.08. The average Bonchev–Trinajstić information content (AvgIpc) is 3.45. The van der Waals surface area contributed by atoms with Crippen LogP contribution in [-0.2, 0) is 19.0 Å². The number of esters is 1. The van der Waals surface area contributed by atoms with Crippen molar-refractivity contribution >= 4 is 5.97 Å². The van der Waals surface area contributed by atoms with Crippen LogP contribution in [0.25, 0.3) is 0 Å². The first-order chi connectivity index (χ1) is 18.8. The number of rotatable bonds is 4. The Labute approximate surface area is 233 Å². The van der Waals surface area contributed by atoms with E-state index in [1.807, 2.05) is 13.0 Å². The van der Waals surface area contributed by atoms with Crippen LogP contribution in [0.5, 0.6) is 0 Å². The molecule has 4 fully saturated rings. The first-order valence-corrected chi connectivity index (χ1v) is 14.5. The summed E-state index contributed by atoms with van der Waals surface area (Å²) in [6, 6.07) is 0. The number of fused-ring (bicyclic) bond motifs is 5. The molecule has 0 aromatic carbocycles. The topological polar surface area (TPSA) is 186 Å². The lowest BCUT2D eigenvalue weighted by Gasteiger charge is -2.65. The van der Waals surface area contributed by atoms with Crippen molar-refractivity contribution in [2.24, 2.45) is 28.6 Å². The van der Waals surface area contributed by atoms with E-state index in [-0.39, 0.29) is 31.3 Å². The van der Waals surface area contributed by atoms with E-state index >= 15 is 0 Å². The van der Waals surface area contributed by atoms with E-state index in [0.717, 1.165) is 5.57 Å². The molecule has 14 atom stereocenters. The zero-order valence-electron chi connectivity index (χ0n) is 22.9. The van der Waals surface area contributed by atoms with Crippen LogP contribution in [-0.4, -0.2) is 109 Å². The van der Waals surface area contributed by atoms with Crippen LogP contribution < -0.4 is 0 Å². The lowest BCUT2D eigenvalue weighted by Crippen LogP contribution is -2.72. The van der Waals surface area contributed by atoms with Gasteiger partial charge in [-0.3, -0.25) is 0 Å². The largest absolute Gasteiger partial charge is 0.458 e. The van der Waals surface area contributed by atoms with Crippen molar-refractivity contribution in [3.8, 4) is 0 Å². The van der Waals surface area contributed by atoms with Gasteiger partial charge in [-0.15, -0.1) is 0 Å². The molecule has 4 aliphatic carbocycles. The number of aliphatic hydroxyl groups excluding tert-OH is 5. The van der Waals surface area contributed by atoms with Gasteiger partial charge in [0.1, 0.15) is 24.9 Å². The fourth-order valence-electron chi connectivity index (χ4n) is 9.43. The Morgan fingerprint density at radius 3 is 2.50 bits per heavy atom. The first-order valence-electron chi connectivity index (χ1n) is 14.5. The Hall–Kier alpha value is -1.41. The van der Waals surface area contributed by atoms with Crippen LogP contribution in [0.2, 0.25) is 0 Å². The SMILES string of the molecule is C[C@@H]1O[C@@H](O[C@H]2C[C@@H](O)[C@]3(CO)[C@H]4CC[C@]5(C)[C@@H](C6=CC(=O)OC6)CC[C@]5(O)[C@@H]4C=C[C@]3(O)C2)[C@H](O)[C@H](O)[C@H]1O. The lowest BCUT2D eigenvalue weighted by atomic mass is 9.42. The number of aliphatic hydroxyl groups is 7. The van der Waals surface area contributed by atoms with E-state index < -0.39 is 83.4 Å². The lowest BCUT2D eigenvalue weighted by molar-refractivity contribution is -0.323. The molecule has 1 saturated heterocycles. The molecule has 11 nitrogen and oxygen atoms in total. The summed E-state index contributed by atoms with van der Waals surface area (Å²) >= 11 is 0. The Balaban J connectivity index is 1.28. The maximum Gasteiger partial charge on any atom is 0.331 e. The number of carbonyl (C=O) groups is 1. The number of cyclic esters (lactones) is 1. The quantitative estimate of drug-likeness (QED) is 0.168. The highest BCUT2D eigenvalue weighted by molar-refractivity contribution is 5.85. The fraction of sp³-hybridized carbons (Fsp3) is 0.828. The number of hydrogen-bond donors (Lipinski definition) is 7. The van der Waals surface area contributed by atoms with Crippen molar-refractivity contribution < 1.29 is 54.8 Å². The average molecular weight is 567 g/mol. The molecule has 0 unspecified atom stereocenters. The second-order valence-corrected chi connectivity index (χ2v) is 13.3. The molecule has 0 spiro atoms. The molecule has 224 valence electrons. The maximum absolute atomic E-state index is 12.3. The fourth-order valence-corrected chi connectivity index (χ4v) is 9.43. The van der Waals surface area contributed by atoms with Crippen molar-refractivity contribution in [3.63, 3.8) is 0 Å². The van der Waals surface area contributed by atoms with Crippen molar-refractivity contribution in [2.45, 2.75) is 106 Å². The summed E-state index contributed by atoms with van der Waals surface area (Å²) in [7, 11) is 0. The highest BCUT2D eigenvalue weighted by Crippen LogP contribution is 2.69. The third-order valence-corrected chi connectivity index (χ3v) is 11.7. The zero-order valence-corrected chi connectivity index (χ0v) is 22.9. The molecule has 6 rings (SSSR count). The summed E-state index contributed by atoms with van der Waals surface area (Å²) in [5.41, 5.74) is -3.86. The van der Waals surface area contributed by atoms with E-state index in [1.165, 1.54) is 6.08 Å².